The Morgan fingerprint density at radius 1 is 1.17 bits per heavy atom. The fourth-order valence-corrected chi connectivity index (χ4v) is 3.26. The minimum absolute atomic E-state index is 0.0186. The number of esters is 1. The number of aromatic nitrogens is 4. The highest BCUT2D eigenvalue weighted by Gasteiger charge is 2.18. The third kappa shape index (κ3) is 4.92. The maximum absolute atomic E-state index is 12.3. The van der Waals surface area contributed by atoms with Crippen molar-refractivity contribution >= 4 is 29.4 Å². The summed E-state index contributed by atoms with van der Waals surface area (Å²) in [6.07, 6.45) is 1.91. The molecular weight excluding hydrogens is 390 g/mol. The summed E-state index contributed by atoms with van der Waals surface area (Å²) < 4.78 is 6.83. The van der Waals surface area contributed by atoms with Crippen LogP contribution in [0.1, 0.15) is 22.5 Å². The molecule has 0 N–H and O–H groups in total. The van der Waals surface area contributed by atoms with Crippen molar-refractivity contribution in [2.24, 2.45) is 0 Å². The molecular formula is C20H23N5O3S. The second-order valence-corrected chi connectivity index (χ2v) is 7.42. The van der Waals surface area contributed by atoms with Gasteiger partial charge >= 0.3 is 5.97 Å². The van der Waals surface area contributed by atoms with E-state index in [0.717, 1.165) is 16.8 Å². The quantitative estimate of drug-likeness (QED) is 0.433. The molecule has 3 aromatic rings. The van der Waals surface area contributed by atoms with Crippen LogP contribution in [0.4, 0.5) is 0 Å². The maximum Gasteiger partial charge on any atom is 0.310 e. The van der Waals surface area contributed by atoms with Gasteiger partial charge in [0.05, 0.1) is 6.42 Å². The summed E-state index contributed by atoms with van der Waals surface area (Å²) in [5, 5.41) is 4.99. The van der Waals surface area contributed by atoms with E-state index < -0.39 is 5.97 Å². The van der Waals surface area contributed by atoms with Gasteiger partial charge < -0.3 is 9.64 Å². The van der Waals surface area contributed by atoms with E-state index in [0.29, 0.717) is 23.2 Å². The van der Waals surface area contributed by atoms with Crippen LogP contribution in [0.3, 0.4) is 0 Å². The van der Waals surface area contributed by atoms with E-state index in [1.54, 1.807) is 11.6 Å². The second-order valence-electron chi connectivity index (χ2n) is 6.64. The van der Waals surface area contributed by atoms with Gasteiger partial charge in [-0.3, -0.25) is 9.59 Å². The van der Waals surface area contributed by atoms with Gasteiger partial charge in [0.15, 0.2) is 6.61 Å². The summed E-state index contributed by atoms with van der Waals surface area (Å²) in [5.74, 6) is -0.242. The first-order chi connectivity index (χ1) is 13.9. The van der Waals surface area contributed by atoms with Gasteiger partial charge in [-0.25, -0.2) is 9.50 Å². The predicted octanol–water partition coefficient (Wildman–Crippen LogP) is 2.21. The molecule has 29 heavy (non-hydrogen) atoms. The van der Waals surface area contributed by atoms with E-state index in [1.807, 2.05) is 50.4 Å². The van der Waals surface area contributed by atoms with E-state index in [9.17, 15) is 9.59 Å². The molecule has 0 aliphatic carbocycles. The van der Waals surface area contributed by atoms with Gasteiger partial charge in [-0.15, -0.1) is 5.10 Å². The number of fused-ring (bicyclic) bond motifs is 1. The summed E-state index contributed by atoms with van der Waals surface area (Å²) in [7, 11) is 1.68. The molecule has 1 aromatic carbocycles. The number of carbonyl (C=O) groups is 2. The Bertz CT molecular complexity index is 1040. The molecule has 1 amide bonds. The first kappa shape index (κ1) is 20.8. The normalized spacial score (nSPS) is 10.9. The Morgan fingerprint density at radius 2 is 1.90 bits per heavy atom. The fraction of sp³-hybridized carbons (Fsp3) is 0.350. The van der Waals surface area contributed by atoms with E-state index in [-0.39, 0.29) is 18.9 Å². The van der Waals surface area contributed by atoms with Crippen LogP contribution in [0.15, 0.2) is 35.5 Å². The second kappa shape index (κ2) is 9.04. The Kier molecular flexibility index (Phi) is 6.48. The molecule has 2 aromatic heterocycles. The number of rotatable bonds is 7. The molecule has 0 fully saturated rings. The predicted molar refractivity (Wildman–Crippen MR) is 110 cm³/mol. The zero-order valence-corrected chi connectivity index (χ0v) is 17.7. The van der Waals surface area contributed by atoms with E-state index in [1.165, 1.54) is 16.7 Å². The minimum Gasteiger partial charge on any atom is -0.455 e. The zero-order chi connectivity index (χ0) is 21.0. The van der Waals surface area contributed by atoms with Crippen LogP contribution >= 0.6 is 11.8 Å². The van der Waals surface area contributed by atoms with Crippen molar-refractivity contribution in [2.45, 2.75) is 32.0 Å². The van der Waals surface area contributed by atoms with Crippen molar-refractivity contribution in [3.63, 3.8) is 0 Å². The molecule has 9 heteroatoms. The summed E-state index contributed by atoms with van der Waals surface area (Å²) >= 11 is 1.43. The average Bonchev–Trinajstić information content (AvgIpc) is 3.13. The van der Waals surface area contributed by atoms with Crippen molar-refractivity contribution in [3.05, 3.63) is 52.8 Å². The molecule has 152 valence electrons. The van der Waals surface area contributed by atoms with Crippen molar-refractivity contribution in [1.82, 2.24) is 24.5 Å². The topological polar surface area (TPSA) is 89.7 Å². The Labute approximate surface area is 173 Å². The number of ether oxygens (including phenoxy) is 1. The summed E-state index contributed by atoms with van der Waals surface area (Å²) in [6, 6.07) is 9.64. The highest BCUT2D eigenvalue weighted by molar-refractivity contribution is 7.98. The van der Waals surface area contributed by atoms with Crippen molar-refractivity contribution in [1.29, 1.82) is 0 Å². The SMILES string of the molecule is CSc1nc2nc(C)c(CC(=O)OCC(=O)N(C)Cc3ccccc3)c(C)n2n1. The number of aryl methyl sites for hydroxylation is 2. The lowest BCUT2D eigenvalue weighted by molar-refractivity contribution is -0.151. The van der Waals surface area contributed by atoms with Crippen LogP contribution in [0.5, 0.6) is 0 Å². The van der Waals surface area contributed by atoms with Crippen molar-refractivity contribution < 1.29 is 14.3 Å². The largest absolute Gasteiger partial charge is 0.455 e. The molecule has 0 spiro atoms. The van der Waals surface area contributed by atoms with E-state index in [4.69, 9.17) is 4.74 Å². The smallest absolute Gasteiger partial charge is 0.310 e. The standard InChI is InChI=1S/C20H23N5O3S/c1-13-16(14(2)25-19(21-13)22-20(23-25)29-4)10-18(27)28-12-17(26)24(3)11-15-8-6-5-7-9-15/h5-9H,10-12H2,1-4H3. The van der Waals surface area contributed by atoms with E-state index >= 15 is 0 Å². The first-order valence-electron chi connectivity index (χ1n) is 9.09. The molecule has 0 saturated carbocycles. The Balaban J connectivity index is 1.61. The van der Waals surface area contributed by atoms with Crippen LogP contribution in [0.25, 0.3) is 5.78 Å². The van der Waals surface area contributed by atoms with Gasteiger partial charge in [-0.05, 0) is 25.7 Å². The minimum atomic E-state index is -0.482. The molecule has 0 atom stereocenters. The van der Waals surface area contributed by atoms with Gasteiger partial charge in [0.25, 0.3) is 11.7 Å². The highest BCUT2D eigenvalue weighted by Crippen LogP contribution is 2.17. The number of thioether (sulfide) groups is 1. The van der Waals surface area contributed by atoms with Gasteiger partial charge in [-0.2, -0.15) is 4.98 Å². The number of carbonyl (C=O) groups excluding carboxylic acids is 2. The molecule has 0 radical (unpaired) electrons. The summed E-state index contributed by atoms with van der Waals surface area (Å²) in [4.78, 5) is 34.9. The van der Waals surface area contributed by atoms with Gasteiger partial charge in [0.1, 0.15) is 0 Å². The first-order valence-corrected chi connectivity index (χ1v) is 10.3. The van der Waals surface area contributed by atoms with Crippen LogP contribution in [0.2, 0.25) is 0 Å². The van der Waals surface area contributed by atoms with Gasteiger partial charge in [0, 0.05) is 30.5 Å². The van der Waals surface area contributed by atoms with Gasteiger partial charge in [-0.1, -0.05) is 42.1 Å². The number of hydrogen-bond acceptors (Lipinski definition) is 7. The number of likely N-dealkylation sites (N-methyl/N-ethyl adjacent to an activating group) is 1. The number of hydrogen-bond donors (Lipinski definition) is 0. The number of amides is 1. The van der Waals surface area contributed by atoms with Gasteiger partial charge in [0.2, 0.25) is 5.16 Å². The van der Waals surface area contributed by atoms with Crippen molar-refractivity contribution in [2.75, 3.05) is 19.9 Å². The number of nitrogens with zero attached hydrogens (tertiary/aromatic N) is 5. The summed E-state index contributed by atoms with van der Waals surface area (Å²) in [6.45, 7) is 3.85. The van der Waals surface area contributed by atoms with Crippen molar-refractivity contribution in [3.8, 4) is 0 Å². The van der Waals surface area contributed by atoms with E-state index in [2.05, 4.69) is 15.1 Å². The average molecular weight is 414 g/mol. The zero-order valence-electron chi connectivity index (χ0n) is 16.9. The molecule has 8 nitrogen and oxygen atoms in total. The maximum atomic E-state index is 12.3. The third-order valence-electron chi connectivity index (χ3n) is 4.58. The Hall–Kier alpha value is -2.94. The van der Waals surface area contributed by atoms with Crippen LogP contribution in [-0.4, -0.2) is 56.3 Å². The Morgan fingerprint density at radius 3 is 2.59 bits per heavy atom. The lowest BCUT2D eigenvalue weighted by Crippen LogP contribution is -2.31. The monoisotopic (exact) mass is 413 g/mol. The molecule has 2 heterocycles. The van der Waals surface area contributed by atoms with Crippen LogP contribution in [0, 0.1) is 13.8 Å². The lowest BCUT2D eigenvalue weighted by atomic mass is 10.1. The van der Waals surface area contributed by atoms with Crippen LogP contribution < -0.4 is 0 Å². The molecule has 0 saturated heterocycles. The molecule has 3 rings (SSSR count). The number of benzene rings is 1. The molecule has 0 unspecified atom stereocenters. The third-order valence-corrected chi connectivity index (χ3v) is 5.12. The highest BCUT2D eigenvalue weighted by atomic mass is 32.2. The summed E-state index contributed by atoms with van der Waals surface area (Å²) in [5.41, 5.74) is 3.21. The fourth-order valence-electron chi connectivity index (χ4n) is 2.93. The van der Waals surface area contributed by atoms with Crippen LogP contribution in [-0.2, 0) is 27.3 Å². The molecule has 0 aliphatic heterocycles. The molecule has 0 bridgehead atoms. The lowest BCUT2D eigenvalue weighted by Gasteiger charge is -2.17. The molecule has 0 aliphatic rings.